The highest BCUT2D eigenvalue weighted by molar-refractivity contribution is 5.87. The van der Waals surface area contributed by atoms with Gasteiger partial charge < -0.3 is 4.90 Å². The van der Waals surface area contributed by atoms with Crippen LogP contribution >= 0.6 is 0 Å². The van der Waals surface area contributed by atoms with E-state index in [-0.39, 0.29) is 5.91 Å². The van der Waals surface area contributed by atoms with E-state index >= 15 is 0 Å². The van der Waals surface area contributed by atoms with E-state index in [1.165, 1.54) is 24.8 Å². The summed E-state index contributed by atoms with van der Waals surface area (Å²) in [4.78, 5) is 13.9. The Bertz CT molecular complexity index is 365. The average Bonchev–Trinajstić information content (AvgIpc) is 2.96. The first-order valence-corrected chi connectivity index (χ1v) is 7.48. The minimum atomic E-state index is 0.156. The van der Waals surface area contributed by atoms with E-state index < -0.39 is 0 Å². The van der Waals surface area contributed by atoms with E-state index in [0.29, 0.717) is 11.3 Å². The summed E-state index contributed by atoms with van der Waals surface area (Å²) in [6.07, 6.45) is 9.51. The molecule has 108 valence electrons. The zero-order chi connectivity index (χ0) is 14.5. The second-order valence-corrected chi connectivity index (χ2v) is 6.25. The molecule has 0 aliphatic heterocycles. The van der Waals surface area contributed by atoms with Gasteiger partial charge in [0.1, 0.15) is 0 Å². The minimum absolute atomic E-state index is 0.156. The number of rotatable bonds is 7. The van der Waals surface area contributed by atoms with Crippen molar-refractivity contribution in [1.29, 1.82) is 0 Å². The zero-order valence-electron chi connectivity index (χ0n) is 13.2. The molecule has 0 aromatic rings. The maximum Gasteiger partial charge on any atom is 0.246 e. The number of carbonyl (C=O) groups excluding carboxylic acids is 1. The largest absolute Gasteiger partial charge is 0.339 e. The summed E-state index contributed by atoms with van der Waals surface area (Å²) in [6.45, 7) is 12.4. The molecule has 0 aromatic carbocycles. The molecule has 2 nitrogen and oxygen atoms in total. The van der Waals surface area contributed by atoms with Gasteiger partial charge in [0.2, 0.25) is 5.91 Å². The van der Waals surface area contributed by atoms with Crippen molar-refractivity contribution < 1.29 is 4.79 Å². The molecule has 0 saturated heterocycles. The lowest BCUT2D eigenvalue weighted by Crippen LogP contribution is -2.32. The highest BCUT2D eigenvalue weighted by atomic mass is 16.2. The number of nitrogens with zero attached hydrogens (tertiary/aromatic N) is 1. The van der Waals surface area contributed by atoms with E-state index in [2.05, 4.69) is 33.8 Å². The van der Waals surface area contributed by atoms with Gasteiger partial charge in [0.15, 0.2) is 0 Å². The van der Waals surface area contributed by atoms with Gasteiger partial charge in [-0.15, -0.1) is 0 Å². The standard InChI is InChI=1S/C17H29NO/c1-6-9-16(19)18(7-2)13-15-12-17(15,5)11-8-10-14(3)4/h6,9-10,15H,7-8,11-13H2,1-5H3. The molecule has 1 amide bonds. The first-order valence-electron chi connectivity index (χ1n) is 7.48. The van der Waals surface area contributed by atoms with Crippen LogP contribution in [0, 0.1) is 11.3 Å². The molecule has 0 radical (unpaired) electrons. The van der Waals surface area contributed by atoms with Crippen LogP contribution in [0.1, 0.15) is 53.9 Å². The van der Waals surface area contributed by atoms with E-state index in [9.17, 15) is 4.79 Å². The summed E-state index contributed by atoms with van der Waals surface area (Å²) in [5.74, 6) is 0.843. The number of hydrogen-bond acceptors (Lipinski definition) is 1. The molecule has 0 bridgehead atoms. The Morgan fingerprint density at radius 3 is 2.63 bits per heavy atom. The summed E-state index contributed by atoms with van der Waals surface area (Å²) < 4.78 is 0. The smallest absolute Gasteiger partial charge is 0.246 e. The molecule has 1 saturated carbocycles. The number of allylic oxidation sites excluding steroid dienone is 3. The third kappa shape index (κ3) is 4.85. The second kappa shape index (κ2) is 6.93. The maximum absolute atomic E-state index is 11.9. The van der Waals surface area contributed by atoms with Gasteiger partial charge in [-0.25, -0.2) is 0 Å². The summed E-state index contributed by atoms with van der Waals surface area (Å²) >= 11 is 0. The quantitative estimate of drug-likeness (QED) is 0.498. The van der Waals surface area contributed by atoms with Gasteiger partial charge in [-0.05, 0) is 64.4 Å². The molecule has 2 atom stereocenters. The summed E-state index contributed by atoms with van der Waals surface area (Å²) in [5.41, 5.74) is 1.86. The predicted octanol–water partition coefficient (Wildman–Crippen LogP) is 4.18. The van der Waals surface area contributed by atoms with Crippen molar-refractivity contribution in [2.75, 3.05) is 13.1 Å². The van der Waals surface area contributed by atoms with Crippen LogP contribution in [0.3, 0.4) is 0 Å². The molecular weight excluding hydrogens is 234 g/mol. The maximum atomic E-state index is 11.9. The van der Waals surface area contributed by atoms with E-state index in [0.717, 1.165) is 13.1 Å². The van der Waals surface area contributed by atoms with Crippen LogP contribution in [-0.4, -0.2) is 23.9 Å². The van der Waals surface area contributed by atoms with Crippen LogP contribution in [0.4, 0.5) is 0 Å². The van der Waals surface area contributed by atoms with Crippen molar-refractivity contribution in [1.82, 2.24) is 4.90 Å². The van der Waals surface area contributed by atoms with Crippen molar-refractivity contribution in [2.45, 2.75) is 53.9 Å². The number of amides is 1. The highest BCUT2D eigenvalue weighted by Gasteiger charge is 2.49. The number of hydrogen-bond donors (Lipinski definition) is 0. The van der Waals surface area contributed by atoms with Gasteiger partial charge in [0.05, 0.1) is 0 Å². The van der Waals surface area contributed by atoms with E-state index in [1.54, 1.807) is 6.08 Å². The molecule has 1 rings (SSSR count). The third-order valence-electron chi connectivity index (χ3n) is 4.25. The van der Waals surface area contributed by atoms with Crippen LogP contribution in [0.25, 0.3) is 0 Å². The Morgan fingerprint density at radius 1 is 1.42 bits per heavy atom. The van der Waals surface area contributed by atoms with Crippen LogP contribution in [0.2, 0.25) is 0 Å². The Kier molecular flexibility index (Phi) is 5.84. The minimum Gasteiger partial charge on any atom is -0.339 e. The lowest BCUT2D eigenvalue weighted by molar-refractivity contribution is -0.126. The fourth-order valence-electron chi connectivity index (χ4n) is 2.67. The van der Waals surface area contributed by atoms with Gasteiger partial charge in [-0.1, -0.05) is 24.6 Å². The normalized spacial score (nSPS) is 25.4. The highest BCUT2D eigenvalue weighted by Crippen LogP contribution is 2.55. The molecule has 19 heavy (non-hydrogen) atoms. The zero-order valence-corrected chi connectivity index (χ0v) is 13.2. The van der Waals surface area contributed by atoms with Crippen molar-refractivity contribution in [3.63, 3.8) is 0 Å². The van der Waals surface area contributed by atoms with Crippen molar-refractivity contribution >= 4 is 5.91 Å². The molecule has 0 aromatic heterocycles. The lowest BCUT2D eigenvalue weighted by atomic mass is 9.98. The Labute approximate surface area is 118 Å². The molecular formula is C17H29NO. The Balaban J connectivity index is 2.43. The second-order valence-electron chi connectivity index (χ2n) is 6.25. The van der Waals surface area contributed by atoms with Gasteiger partial charge in [0.25, 0.3) is 0 Å². The number of likely N-dealkylation sites (N-methyl/N-ethyl adjacent to an activating group) is 1. The lowest BCUT2D eigenvalue weighted by Gasteiger charge is -2.21. The van der Waals surface area contributed by atoms with E-state index in [4.69, 9.17) is 0 Å². The first kappa shape index (κ1) is 16.0. The number of carbonyl (C=O) groups is 1. The van der Waals surface area contributed by atoms with E-state index in [1.807, 2.05) is 17.9 Å². The molecule has 1 fully saturated rings. The van der Waals surface area contributed by atoms with Gasteiger partial charge in [0, 0.05) is 13.1 Å². The average molecular weight is 263 g/mol. The molecule has 0 spiro atoms. The molecule has 1 aliphatic carbocycles. The summed E-state index contributed by atoms with van der Waals surface area (Å²) in [7, 11) is 0. The topological polar surface area (TPSA) is 20.3 Å². The van der Waals surface area contributed by atoms with Gasteiger partial charge in [-0.3, -0.25) is 4.79 Å². The summed E-state index contributed by atoms with van der Waals surface area (Å²) in [6, 6.07) is 0. The first-order chi connectivity index (χ1) is 8.92. The van der Waals surface area contributed by atoms with Crippen LogP contribution in [0.15, 0.2) is 23.8 Å². The van der Waals surface area contributed by atoms with Crippen LogP contribution < -0.4 is 0 Å². The summed E-state index contributed by atoms with van der Waals surface area (Å²) in [5, 5.41) is 0. The van der Waals surface area contributed by atoms with Crippen molar-refractivity contribution in [3.8, 4) is 0 Å². The van der Waals surface area contributed by atoms with Gasteiger partial charge >= 0.3 is 0 Å². The van der Waals surface area contributed by atoms with Crippen LogP contribution in [0.5, 0.6) is 0 Å². The Morgan fingerprint density at radius 2 is 2.11 bits per heavy atom. The fraction of sp³-hybridized carbons (Fsp3) is 0.706. The van der Waals surface area contributed by atoms with Crippen molar-refractivity contribution in [2.24, 2.45) is 11.3 Å². The Hall–Kier alpha value is -1.05. The van der Waals surface area contributed by atoms with Gasteiger partial charge in [-0.2, -0.15) is 0 Å². The fourth-order valence-corrected chi connectivity index (χ4v) is 2.67. The molecule has 2 heteroatoms. The van der Waals surface area contributed by atoms with Crippen LogP contribution in [-0.2, 0) is 4.79 Å². The SMILES string of the molecule is CC=CC(=O)N(CC)CC1CC1(C)CCC=C(C)C. The molecule has 0 N–H and O–H groups in total. The molecule has 0 heterocycles. The monoisotopic (exact) mass is 263 g/mol. The van der Waals surface area contributed by atoms with Crippen molar-refractivity contribution in [3.05, 3.63) is 23.8 Å². The predicted molar refractivity (Wildman–Crippen MR) is 81.9 cm³/mol. The third-order valence-corrected chi connectivity index (χ3v) is 4.25. The molecule has 2 unspecified atom stereocenters. The molecule has 1 aliphatic rings.